The summed E-state index contributed by atoms with van der Waals surface area (Å²) in [5, 5.41) is 5.66. The van der Waals surface area contributed by atoms with E-state index in [2.05, 4.69) is 39.8 Å². The zero-order valence-corrected chi connectivity index (χ0v) is 12.6. The van der Waals surface area contributed by atoms with Gasteiger partial charge in [-0.1, -0.05) is 24.3 Å². The number of ether oxygens (including phenoxy) is 1. The number of benzene rings is 1. The molecular formula is C16H23N3O2. The van der Waals surface area contributed by atoms with Crippen LogP contribution < -0.4 is 15.5 Å². The Bertz CT molecular complexity index is 477. The van der Waals surface area contributed by atoms with Gasteiger partial charge in [-0.2, -0.15) is 0 Å². The van der Waals surface area contributed by atoms with E-state index in [1.165, 1.54) is 5.69 Å². The minimum Gasteiger partial charge on any atom is -0.383 e. The van der Waals surface area contributed by atoms with Crippen molar-refractivity contribution in [2.45, 2.75) is 19.5 Å². The standard InChI is InChI=1S/C16H23N3O2/c1-13(12-21-2)18-16(20)17-11-14-5-7-15(8-6-14)19-9-3-4-10-19/h3-8,13H,9-12H2,1-2H3,(H2,17,18,20)/t13-/m0/s1. The van der Waals surface area contributed by atoms with E-state index >= 15 is 0 Å². The molecule has 0 saturated carbocycles. The highest BCUT2D eigenvalue weighted by Crippen LogP contribution is 2.17. The van der Waals surface area contributed by atoms with E-state index in [1.54, 1.807) is 7.11 Å². The second-order valence-electron chi connectivity index (χ2n) is 5.23. The van der Waals surface area contributed by atoms with Crippen molar-refractivity contribution in [2.24, 2.45) is 0 Å². The van der Waals surface area contributed by atoms with Gasteiger partial charge in [0.1, 0.15) is 0 Å². The number of nitrogens with one attached hydrogen (secondary N) is 2. The number of anilines is 1. The van der Waals surface area contributed by atoms with Crippen LogP contribution in [0.25, 0.3) is 0 Å². The van der Waals surface area contributed by atoms with Crippen LogP contribution in [0.4, 0.5) is 10.5 Å². The summed E-state index contributed by atoms with van der Waals surface area (Å²) in [4.78, 5) is 14.0. The van der Waals surface area contributed by atoms with Gasteiger partial charge in [0.2, 0.25) is 0 Å². The molecule has 1 aromatic carbocycles. The fourth-order valence-electron chi connectivity index (χ4n) is 2.26. The van der Waals surface area contributed by atoms with Gasteiger partial charge in [-0.05, 0) is 24.6 Å². The number of hydrogen-bond donors (Lipinski definition) is 2. The zero-order chi connectivity index (χ0) is 15.1. The molecule has 0 spiro atoms. The first-order chi connectivity index (χ1) is 10.2. The molecule has 21 heavy (non-hydrogen) atoms. The molecule has 5 nitrogen and oxygen atoms in total. The lowest BCUT2D eigenvalue weighted by molar-refractivity contribution is 0.171. The van der Waals surface area contributed by atoms with Crippen LogP contribution >= 0.6 is 0 Å². The third-order valence-corrected chi connectivity index (χ3v) is 3.37. The molecule has 0 unspecified atom stereocenters. The van der Waals surface area contributed by atoms with Crippen LogP contribution in [0.2, 0.25) is 0 Å². The smallest absolute Gasteiger partial charge is 0.315 e. The highest BCUT2D eigenvalue weighted by Gasteiger charge is 2.08. The van der Waals surface area contributed by atoms with Gasteiger partial charge in [-0.25, -0.2) is 4.79 Å². The summed E-state index contributed by atoms with van der Waals surface area (Å²) in [6.07, 6.45) is 4.34. The molecule has 0 fully saturated rings. The number of nitrogens with zero attached hydrogens (tertiary/aromatic N) is 1. The first-order valence-corrected chi connectivity index (χ1v) is 7.21. The minimum atomic E-state index is -0.174. The first kappa shape index (κ1) is 15.4. The minimum absolute atomic E-state index is 0.0000394. The number of carbonyl (C=O) groups excluding carboxylic acids is 1. The molecule has 0 bridgehead atoms. The van der Waals surface area contributed by atoms with Crippen LogP contribution in [0.15, 0.2) is 36.4 Å². The normalized spacial score (nSPS) is 15.0. The second kappa shape index (κ2) is 7.69. The molecular weight excluding hydrogens is 266 g/mol. The Kier molecular flexibility index (Phi) is 5.63. The predicted octanol–water partition coefficient (Wildman–Crippen LogP) is 1.90. The molecule has 114 valence electrons. The maximum atomic E-state index is 11.7. The number of carbonyl (C=O) groups is 1. The molecule has 5 heteroatoms. The summed E-state index contributed by atoms with van der Waals surface area (Å²) >= 11 is 0. The lowest BCUT2D eigenvalue weighted by Gasteiger charge is -2.18. The monoisotopic (exact) mass is 289 g/mol. The van der Waals surface area contributed by atoms with Crippen molar-refractivity contribution in [1.82, 2.24) is 10.6 Å². The molecule has 1 aliphatic rings. The molecule has 2 amide bonds. The van der Waals surface area contributed by atoms with Gasteiger partial charge >= 0.3 is 6.03 Å². The van der Waals surface area contributed by atoms with Crippen molar-refractivity contribution in [3.63, 3.8) is 0 Å². The average Bonchev–Trinajstić information content (AvgIpc) is 3.00. The molecule has 1 aliphatic heterocycles. The second-order valence-corrected chi connectivity index (χ2v) is 5.23. The number of hydrogen-bond acceptors (Lipinski definition) is 3. The third-order valence-electron chi connectivity index (χ3n) is 3.37. The van der Waals surface area contributed by atoms with E-state index in [-0.39, 0.29) is 12.1 Å². The van der Waals surface area contributed by atoms with Crippen LogP contribution in [0.3, 0.4) is 0 Å². The van der Waals surface area contributed by atoms with Crippen LogP contribution in [-0.2, 0) is 11.3 Å². The highest BCUT2D eigenvalue weighted by molar-refractivity contribution is 5.74. The van der Waals surface area contributed by atoms with Crippen LogP contribution in [0.5, 0.6) is 0 Å². The largest absolute Gasteiger partial charge is 0.383 e. The quantitative estimate of drug-likeness (QED) is 0.786. The van der Waals surface area contributed by atoms with Crippen molar-refractivity contribution in [3.8, 4) is 0 Å². The lowest BCUT2D eigenvalue weighted by Crippen LogP contribution is -2.42. The number of amides is 2. The molecule has 0 saturated heterocycles. The zero-order valence-electron chi connectivity index (χ0n) is 12.6. The Labute approximate surface area is 126 Å². The van der Waals surface area contributed by atoms with E-state index in [1.807, 2.05) is 19.1 Å². The Morgan fingerprint density at radius 1 is 1.29 bits per heavy atom. The van der Waals surface area contributed by atoms with Crippen LogP contribution in [0.1, 0.15) is 12.5 Å². The molecule has 2 rings (SSSR count). The van der Waals surface area contributed by atoms with E-state index < -0.39 is 0 Å². The molecule has 2 N–H and O–H groups in total. The number of methoxy groups -OCH3 is 1. The Balaban J connectivity index is 1.76. The van der Waals surface area contributed by atoms with Crippen LogP contribution in [-0.4, -0.2) is 38.9 Å². The van der Waals surface area contributed by atoms with Crippen molar-refractivity contribution >= 4 is 11.7 Å². The van der Waals surface area contributed by atoms with Gasteiger partial charge in [0.25, 0.3) is 0 Å². The van der Waals surface area contributed by atoms with Crippen molar-refractivity contribution in [1.29, 1.82) is 0 Å². The SMILES string of the molecule is COC[C@H](C)NC(=O)NCc1ccc(N2CC=CC2)cc1. The molecule has 1 atom stereocenters. The average molecular weight is 289 g/mol. The Morgan fingerprint density at radius 2 is 1.95 bits per heavy atom. The van der Waals surface area contributed by atoms with Gasteiger partial charge in [0, 0.05) is 32.4 Å². The van der Waals surface area contributed by atoms with Gasteiger partial charge in [0.15, 0.2) is 0 Å². The van der Waals surface area contributed by atoms with Crippen LogP contribution in [0, 0.1) is 0 Å². The number of rotatable bonds is 6. The first-order valence-electron chi connectivity index (χ1n) is 7.21. The molecule has 1 aromatic rings. The summed E-state index contributed by atoms with van der Waals surface area (Å²) in [6, 6.07) is 8.11. The molecule has 1 heterocycles. The Morgan fingerprint density at radius 3 is 2.57 bits per heavy atom. The highest BCUT2D eigenvalue weighted by atomic mass is 16.5. The third kappa shape index (κ3) is 4.79. The predicted molar refractivity (Wildman–Crippen MR) is 84.5 cm³/mol. The summed E-state index contributed by atoms with van der Waals surface area (Å²) in [5.41, 5.74) is 2.29. The van der Waals surface area contributed by atoms with Gasteiger partial charge in [0.05, 0.1) is 12.6 Å². The Hall–Kier alpha value is -2.01. The van der Waals surface area contributed by atoms with E-state index in [9.17, 15) is 4.79 Å². The van der Waals surface area contributed by atoms with Gasteiger partial charge in [-0.15, -0.1) is 0 Å². The fraction of sp³-hybridized carbons (Fsp3) is 0.438. The van der Waals surface area contributed by atoms with Crippen molar-refractivity contribution in [2.75, 3.05) is 31.7 Å². The molecule has 0 aliphatic carbocycles. The fourth-order valence-corrected chi connectivity index (χ4v) is 2.26. The molecule has 0 aromatic heterocycles. The number of urea groups is 1. The van der Waals surface area contributed by atoms with E-state index in [0.717, 1.165) is 18.7 Å². The summed E-state index contributed by atoms with van der Waals surface area (Å²) in [5.74, 6) is 0. The summed E-state index contributed by atoms with van der Waals surface area (Å²) < 4.78 is 4.98. The van der Waals surface area contributed by atoms with E-state index in [0.29, 0.717) is 13.2 Å². The maximum absolute atomic E-state index is 11.7. The summed E-state index contributed by atoms with van der Waals surface area (Å²) in [7, 11) is 1.62. The maximum Gasteiger partial charge on any atom is 0.315 e. The van der Waals surface area contributed by atoms with Crippen molar-refractivity contribution in [3.05, 3.63) is 42.0 Å². The lowest BCUT2D eigenvalue weighted by atomic mass is 10.2. The molecule has 0 radical (unpaired) electrons. The topological polar surface area (TPSA) is 53.6 Å². The van der Waals surface area contributed by atoms with E-state index in [4.69, 9.17) is 4.74 Å². The van der Waals surface area contributed by atoms with Gasteiger partial charge in [-0.3, -0.25) is 0 Å². The van der Waals surface area contributed by atoms with Crippen molar-refractivity contribution < 1.29 is 9.53 Å². The summed E-state index contributed by atoms with van der Waals surface area (Å²) in [6.45, 7) is 4.87. The van der Waals surface area contributed by atoms with Gasteiger partial charge < -0.3 is 20.3 Å².